The third-order valence-corrected chi connectivity index (χ3v) is 5.19. The fourth-order valence-electron chi connectivity index (χ4n) is 3.34. The summed E-state index contributed by atoms with van der Waals surface area (Å²) in [7, 11) is 0. The number of hydrogen-bond donors (Lipinski definition) is 1. The Labute approximate surface area is 147 Å². The van der Waals surface area contributed by atoms with Crippen LogP contribution in [0.1, 0.15) is 12.0 Å². The Kier molecular flexibility index (Phi) is 7.56. The molecular formula is C16H24ClF2N3S. The maximum Gasteiger partial charge on any atom is 0.288 e. The van der Waals surface area contributed by atoms with Gasteiger partial charge < -0.3 is 5.32 Å². The fourth-order valence-corrected chi connectivity index (χ4v) is 3.83. The van der Waals surface area contributed by atoms with Gasteiger partial charge in [-0.05, 0) is 24.1 Å². The molecule has 0 saturated carbocycles. The van der Waals surface area contributed by atoms with Crippen LogP contribution in [0.25, 0.3) is 0 Å². The number of nitrogens with zero attached hydrogens (tertiary/aromatic N) is 2. The summed E-state index contributed by atoms with van der Waals surface area (Å²) >= 11 is 0.610. The van der Waals surface area contributed by atoms with Gasteiger partial charge in [0.1, 0.15) is 0 Å². The van der Waals surface area contributed by atoms with E-state index in [0.29, 0.717) is 22.7 Å². The van der Waals surface area contributed by atoms with Crippen molar-refractivity contribution >= 4 is 24.2 Å². The van der Waals surface area contributed by atoms with E-state index in [2.05, 4.69) is 15.1 Å². The summed E-state index contributed by atoms with van der Waals surface area (Å²) in [5.74, 6) is -2.34. The van der Waals surface area contributed by atoms with Gasteiger partial charge in [-0.1, -0.05) is 23.9 Å². The Morgan fingerprint density at radius 1 is 1.13 bits per heavy atom. The van der Waals surface area contributed by atoms with Gasteiger partial charge in [-0.2, -0.15) is 8.78 Å². The second-order valence-electron chi connectivity index (χ2n) is 5.99. The lowest BCUT2D eigenvalue weighted by Gasteiger charge is -2.32. The highest BCUT2D eigenvalue weighted by molar-refractivity contribution is 7.99. The molecule has 3 nitrogen and oxygen atoms in total. The molecule has 0 aromatic heterocycles. The second-order valence-corrected chi connectivity index (χ2v) is 7.05. The van der Waals surface area contributed by atoms with Crippen LogP contribution in [0.3, 0.4) is 0 Å². The maximum atomic E-state index is 12.3. The summed E-state index contributed by atoms with van der Waals surface area (Å²) in [5, 5.41) is 3.40. The van der Waals surface area contributed by atoms with E-state index in [1.165, 1.54) is 12.0 Å². The maximum absolute atomic E-state index is 12.3. The Bertz CT molecular complexity index is 469. The topological polar surface area (TPSA) is 18.5 Å². The fraction of sp³-hybridized carbons (Fsp3) is 0.625. The average molecular weight is 364 g/mol. The first kappa shape index (κ1) is 18.9. The molecule has 0 aliphatic carbocycles. The van der Waals surface area contributed by atoms with Gasteiger partial charge in [0.15, 0.2) is 0 Å². The molecule has 1 aromatic carbocycles. The van der Waals surface area contributed by atoms with Gasteiger partial charge in [-0.25, -0.2) is 0 Å². The number of likely N-dealkylation sites (tertiary alicyclic amines) is 1. The molecule has 1 atom stereocenters. The van der Waals surface area contributed by atoms with Crippen molar-refractivity contribution in [2.45, 2.75) is 29.7 Å². The first-order valence-corrected chi connectivity index (χ1v) is 8.79. The van der Waals surface area contributed by atoms with E-state index in [1.54, 1.807) is 12.1 Å². The zero-order chi connectivity index (χ0) is 15.4. The van der Waals surface area contributed by atoms with Crippen LogP contribution in [0.15, 0.2) is 29.2 Å². The van der Waals surface area contributed by atoms with Crippen LogP contribution >= 0.6 is 24.2 Å². The van der Waals surface area contributed by atoms with Crippen molar-refractivity contribution in [1.29, 1.82) is 0 Å². The minimum absolute atomic E-state index is 0. The first-order chi connectivity index (χ1) is 10.7. The summed E-state index contributed by atoms with van der Waals surface area (Å²) in [6.45, 7) is 7.66. The highest BCUT2D eigenvalue weighted by Crippen LogP contribution is 2.26. The van der Waals surface area contributed by atoms with E-state index in [1.807, 2.05) is 12.1 Å². The van der Waals surface area contributed by atoms with Crippen LogP contribution in [-0.4, -0.2) is 60.9 Å². The van der Waals surface area contributed by atoms with Gasteiger partial charge in [0, 0.05) is 56.8 Å². The van der Waals surface area contributed by atoms with E-state index < -0.39 is 5.76 Å². The molecule has 0 amide bonds. The number of piperazine rings is 1. The quantitative estimate of drug-likeness (QED) is 0.810. The predicted molar refractivity (Wildman–Crippen MR) is 93.7 cm³/mol. The van der Waals surface area contributed by atoms with Crippen molar-refractivity contribution in [2.24, 2.45) is 0 Å². The van der Waals surface area contributed by atoms with Crippen molar-refractivity contribution in [3.05, 3.63) is 29.8 Å². The molecule has 0 spiro atoms. The Morgan fingerprint density at radius 2 is 1.83 bits per heavy atom. The minimum Gasteiger partial charge on any atom is -0.314 e. The number of nitrogens with one attached hydrogen (secondary N) is 1. The number of alkyl halides is 2. The molecule has 2 fully saturated rings. The number of hydrogen-bond acceptors (Lipinski definition) is 4. The monoisotopic (exact) mass is 363 g/mol. The van der Waals surface area contributed by atoms with Gasteiger partial charge in [-0.15, -0.1) is 12.4 Å². The molecule has 2 aliphatic heterocycles. The molecule has 1 unspecified atom stereocenters. The molecule has 7 heteroatoms. The Hall–Kier alpha value is -0.400. The molecule has 0 bridgehead atoms. The molecular weight excluding hydrogens is 340 g/mol. The van der Waals surface area contributed by atoms with E-state index in [0.717, 1.165) is 45.8 Å². The third kappa shape index (κ3) is 5.57. The van der Waals surface area contributed by atoms with E-state index in [-0.39, 0.29) is 12.4 Å². The standard InChI is InChI=1S/C16H23F2N3S.ClH/c17-16(18)22-15-3-1-13(2-4-15)11-20-8-5-14(12-20)21-9-6-19-7-10-21;/h1-4,14,16,19H,5-12H2;1H. The molecule has 3 rings (SSSR count). The van der Waals surface area contributed by atoms with Crippen LogP contribution in [0.5, 0.6) is 0 Å². The van der Waals surface area contributed by atoms with Crippen LogP contribution in [0.2, 0.25) is 0 Å². The highest BCUT2D eigenvalue weighted by Gasteiger charge is 2.28. The third-order valence-electron chi connectivity index (χ3n) is 4.47. The minimum atomic E-state index is -2.34. The number of thioether (sulfide) groups is 1. The van der Waals surface area contributed by atoms with Crippen molar-refractivity contribution < 1.29 is 8.78 Å². The van der Waals surface area contributed by atoms with Gasteiger partial charge in [0.05, 0.1) is 0 Å². The lowest BCUT2D eigenvalue weighted by atomic mass is 10.2. The van der Waals surface area contributed by atoms with Crippen molar-refractivity contribution in [3.8, 4) is 0 Å². The van der Waals surface area contributed by atoms with Crippen molar-refractivity contribution in [1.82, 2.24) is 15.1 Å². The summed E-state index contributed by atoms with van der Waals surface area (Å²) in [6, 6.07) is 8.23. The summed E-state index contributed by atoms with van der Waals surface area (Å²) < 4.78 is 24.6. The predicted octanol–water partition coefficient (Wildman–Crippen LogP) is 2.90. The Balaban J connectivity index is 0.00000192. The van der Waals surface area contributed by atoms with Crippen LogP contribution in [-0.2, 0) is 6.54 Å². The average Bonchev–Trinajstić information content (AvgIpc) is 2.98. The molecule has 2 heterocycles. The van der Waals surface area contributed by atoms with Crippen LogP contribution < -0.4 is 5.32 Å². The number of rotatable bonds is 5. The van der Waals surface area contributed by atoms with E-state index >= 15 is 0 Å². The zero-order valence-electron chi connectivity index (χ0n) is 13.1. The summed E-state index contributed by atoms with van der Waals surface area (Å²) in [4.78, 5) is 5.71. The van der Waals surface area contributed by atoms with E-state index in [4.69, 9.17) is 0 Å². The zero-order valence-corrected chi connectivity index (χ0v) is 14.7. The molecule has 130 valence electrons. The molecule has 1 aromatic rings. The van der Waals surface area contributed by atoms with E-state index in [9.17, 15) is 8.78 Å². The second kappa shape index (κ2) is 9.18. The molecule has 2 saturated heterocycles. The number of benzene rings is 1. The molecule has 1 N–H and O–H groups in total. The van der Waals surface area contributed by atoms with Gasteiger partial charge >= 0.3 is 0 Å². The van der Waals surface area contributed by atoms with Crippen molar-refractivity contribution in [3.63, 3.8) is 0 Å². The SMILES string of the molecule is Cl.FC(F)Sc1ccc(CN2CCC(N3CCNCC3)C2)cc1. The molecule has 2 aliphatic rings. The lowest BCUT2D eigenvalue weighted by Crippen LogP contribution is -2.49. The van der Waals surface area contributed by atoms with Crippen LogP contribution in [0.4, 0.5) is 8.78 Å². The number of halogens is 3. The summed E-state index contributed by atoms with van der Waals surface area (Å²) in [5.41, 5.74) is 1.21. The molecule has 23 heavy (non-hydrogen) atoms. The smallest absolute Gasteiger partial charge is 0.288 e. The Morgan fingerprint density at radius 3 is 2.48 bits per heavy atom. The lowest BCUT2D eigenvalue weighted by molar-refractivity contribution is 0.170. The van der Waals surface area contributed by atoms with Crippen molar-refractivity contribution in [2.75, 3.05) is 39.3 Å². The van der Waals surface area contributed by atoms with Gasteiger partial charge in [-0.3, -0.25) is 9.80 Å². The highest BCUT2D eigenvalue weighted by atomic mass is 35.5. The van der Waals surface area contributed by atoms with Crippen LogP contribution in [0, 0.1) is 0 Å². The normalized spacial score (nSPS) is 23.2. The largest absolute Gasteiger partial charge is 0.314 e. The van der Waals surface area contributed by atoms with Gasteiger partial charge in [0.2, 0.25) is 0 Å². The van der Waals surface area contributed by atoms with Gasteiger partial charge in [0.25, 0.3) is 5.76 Å². The summed E-state index contributed by atoms with van der Waals surface area (Å²) in [6.07, 6.45) is 1.24. The molecule has 0 radical (unpaired) electrons. The first-order valence-electron chi connectivity index (χ1n) is 7.91.